The minimum Gasteiger partial charge on any atom is -0.488 e. The van der Waals surface area contributed by atoms with Gasteiger partial charge in [-0.25, -0.2) is 4.98 Å². The maximum Gasteiger partial charge on any atom is 0.282 e. The Morgan fingerprint density at radius 1 is 1.00 bits per heavy atom. The molecule has 0 N–H and O–H groups in total. The largest absolute Gasteiger partial charge is 0.488 e. The molecule has 0 aliphatic rings. The summed E-state index contributed by atoms with van der Waals surface area (Å²) in [4.78, 5) is 18.4. The summed E-state index contributed by atoms with van der Waals surface area (Å²) in [5.74, 6) is 1.40. The van der Waals surface area contributed by atoms with Crippen LogP contribution in [-0.4, -0.2) is 15.9 Å². The number of benzene rings is 4. The van der Waals surface area contributed by atoms with E-state index in [4.69, 9.17) is 14.8 Å². The molecule has 0 radical (unpaired) electrons. The zero-order valence-corrected chi connectivity index (χ0v) is 21.8. The van der Waals surface area contributed by atoms with Crippen LogP contribution in [-0.2, 0) is 6.61 Å². The van der Waals surface area contributed by atoms with Crippen LogP contribution in [0.25, 0.3) is 21.7 Å². The number of fused-ring (bicyclic) bond motifs is 2. The molecule has 5 rings (SSSR count). The van der Waals surface area contributed by atoms with E-state index in [9.17, 15) is 4.79 Å². The van der Waals surface area contributed by atoms with Crippen molar-refractivity contribution in [2.75, 3.05) is 0 Å². The second-order valence-corrected chi connectivity index (χ2v) is 9.69. The molecule has 0 saturated carbocycles. The number of nitrogens with zero attached hydrogens (tertiary/aromatic N) is 3. The van der Waals surface area contributed by atoms with Crippen LogP contribution in [0.3, 0.4) is 0 Å². The average Bonchev–Trinajstić information content (AvgIpc) is 2.92. The first-order chi connectivity index (χ1) is 17.5. The van der Waals surface area contributed by atoms with E-state index < -0.39 is 0 Å². The summed E-state index contributed by atoms with van der Waals surface area (Å²) in [7, 11) is 0. The minimum absolute atomic E-state index is 0.0595. The fraction of sp³-hybridized carbons (Fsp3) is 0.167. The number of hydrogen-bond acceptors (Lipinski definition) is 4. The Morgan fingerprint density at radius 2 is 1.78 bits per heavy atom. The van der Waals surface area contributed by atoms with Crippen LogP contribution in [0, 0.1) is 0 Å². The van der Waals surface area contributed by atoms with Gasteiger partial charge in [-0.2, -0.15) is 9.78 Å². The molecular weight excluding hydrogens is 514 g/mol. The Hall–Kier alpha value is -3.77. The molecular formula is C30H26BrN3O2. The number of ether oxygens (including phenoxy) is 1. The molecule has 6 heteroatoms. The molecule has 5 aromatic rings. The minimum atomic E-state index is -0.195. The molecule has 0 amide bonds. The molecule has 0 aliphatic heterocycles. The third kappa shape index (κ3) is 4.82. The van der Waals surface area contributed by atoms with Crippen molar-refractivity contribution in [1.82, 2.24) is 9.66 Å². The van der Waals surface area contributed by atoms with Gasteiger partial charge in [0.25, 0.3) is 5.56 Å². The van der Waals surface area contributed by atoms with E-state index in [0.717, 1.165) is 32.8 Å². The molecule has 1 aromatic heterocycles. The normalized spacial score (nSPS) is 12.4. The molecule has 0 fully saturated rings. The fourth-order valence-electron chi connectivity index (χ4n) is 4.16. The van der Waals surface area contributed by atoms with Crippen molar-refractivity contribution >= 4 is 43.8 Å². The van der Waals surface area contributed by atoms with Gasteiger partial charge >= 0.3 is 0 Å². The summed E-state index contributed by atoms with van der Waals surface area (Å²) in [6, 6.07) is 27.7. The first kappa shape index (κ1) is 23.9. The van der Waals surface area contributed by atoms with Crippen LogP contribution >= 0.6 is 15.9 Å². The third-order valence-corrected chi connectivity index (χ3v) is 6.85. The molecule has 0 bridgehead atoms. The zero-order chi connectivity index (χ0) is 25.1. The number of hydrogen-bond donors (Lipinski definition) is 0. The Balaban J connectivity index is 1.64. The number of aromatic nitrogens is 2. The maximum atomic E-state index is 13.6. The first-order valence-electron chi connectivity index (χ1n) is 12.0. The van der Waals surface area contributed by atoms with Crippen LogP contribution in [0.4, 0.5) is 0 Å². The lowest BCUT2D eigenvalue weighted by Gasteiger charge is -2.15. The van der Waals surface area contributed by atoms with Crippen molar-refractivity contribution in [2.24, 2.45) is 5.10 Å². The lowest BCUT2D eigenvalue weighted by molar-refractivity contribution is 0.306. The maximum absolute atomic E-state index is 13.6. The van der Waals surface area contributed by atoms with Gasteiger partial charge in [-0.3, -0.25) is 4.79 Å². The molecule has 0 spiro atoms. The highest BCUT2D eigenvalue weighted by Gasteiger charge is 2.16. The van der Waals surface area contributed by atoms with Gasteiger partial charge in [0, 0.05) is 16.0 Å². The van der Waals surface area contributed by atoms with Gasteiger partial charge in [-0.05, 0) is 47.0 Å². The standard InChI is InChI=1S/C30H26BrN3O2/c1-3-20(2)29-33-27-15-14-23(31)17-25(27)30(35)34(29)32-18-26-24-12-8-7-11-22(24)13-16-28(26)36-19-21-9-5-4-6-10-21/h4-18,20H,3,19H2,1-2H3/t20-/m1/s1. The molecule has 0 saturated heterocycles. The Morgan fingerprint density at radius 3 is 2.58 bits per heavy atom. The number of halogens is 1. The molecule has 5 nitrogen and oxygen atoms in total. The van der Waals surface area contributed by atoms with E-state index in [-0.39, 0.29) is 11.5 Å². The lowest BCUT2D eigenvalue weighted by atomic mass is 10.0. The van der Waals surface area contributed by atoms with E-state index in [1.54, 1.807) is 12.3 Å². The Kier molecular flexibility index (Phi) is 6.96. The predicted octanol–water partition coefficient (Wildman–Crippen LogP) is 7.29. The van der Waals surface area contributed by atoms with Crippen LogP contribution in [0.1, 0.15) is 43.1 Å². The highest BCUT2D eigenvalue weighted by Crippen LogP contribution is 2.28. The summed E-state index contributed by atoms with van der Waals surface area (Å²) in [5.41, 5.74) is 2.37. The molecule has 0 aliphatic carbocycles. The lowest BCUT2D eigenvalue weighted by Crippen LogP contribution is -2.23. The van der Waals surface area contributed by atoms with E-state index in [0.29, 0.717) is 29.1 Å². The van der Waals surface area contributed by atoms with Crippen LogP contribution in [0.15, 0.2) is 99.3 Å². The van der Waals surface area contributed by atoms with Crippen molar-refractivity contribution in [1.29, 1.82) is 0 Å². The van der Waals surface area contributed by atoms with Gasteiger partial charge < -0.3 is 4.74 Å². The number of rotatable bonds is 7. The van der Waals surface area contributed by atoms with Crippen molar-refractivity contribution in [2.45, 2.75) is 32.8 Å². The monoisotopic (exact) mass is 539 g/mol. The van der Waals surface area contributed by atoms with E-state index in [2.05, 4.69) is 35.8 Å². The van der Waals surface area contributed by atoms with E-state index in [1.165, 1.54) is 4.68 Å². The summed E-state index contributed by atoms with van der Waals surface area (Å²) < 4.78 is 8.50. The SMILES string of the molecule is CC[C@@H](C)c1nc2ccc(Br)cc2c(=O)n1N=Cc1c(OCc2ccccc2)ccc2ccccc12. The molecule has 36 heavy (non-hydrogen) atoms. The highest BCUT2D eigenvalue weighted by molar-refractivity contribution is 9.10. The van der Waals surface area contributed by atoms with Crippen molar-refractivity contribution < 1.29 is 4.74 Å². The highest BCUT2D eigenvalue weighted by atomic mass is 79.9. The fourth-order valence-corrected chi connectivity index (χ4v) is 4.53. The summed E-state index contributed by atoms with van der Waals surface area (Å²) in [6.45, 7) is 4.57. The van der Waals surface area contributed by atoms with Crippen LogP contribution in [0.5, 0.6) is 5.75 Å². The second-order valence-electron chi connectivity index (χ2n) is 8.78. The Labute approximate surface area is 218 Å². The van der Waals surface area contributed by atoms with Crippen molar-refractivity contribution in [3.63, 3.8) is 0 Å². The predicted molar refractivity (Wildman–Crippen MR) is 150 cm³/mol. The first-order valence-corrected chi connectivity index (χ1v) is 12.8. The van der Waals surface area contributed by atoms with Gasteiger partial charge in [-0.1, -0.05) is 90.4 Å². The third-order valence-electron chi connectivity index (χ3n) is 6.36. The zero-order valence-electron chi connectivity index (χ0n) is 20.2. The van der Waals surface area contributed by atoms with Crippen LogP contribution < -0.4 is 10.3 Å². The van der Waals surface area contributed by atoms with E-state index >= 15 is 0 Å². The molecule has 180 valence electrons. The molecule has 4 aromatic carbocycles. The quantitative estimate of drug-likeness (QED) is 0.204. The Bertz CT molecular complexity index is 1630. The average molecular weight is 540 g/mol. The van der Waals surface area contributed by atoms with Gasteiger partial charge in [0.1, 0.15) is 18.2 Å². The summed E-state index contributed by atoms with van der Waals surface area (Å²) >= 11 is 3.47. The molecule has 1 atom stereocenters. The van der Waals surface area contributed by atoms with E-state index in [1.807, 2.05) is 72.8 Å². The van der Waals surface area contributed by atoms with Gasteiger partial charge in [0.05, 0.1) is 17.1 Å². The second kappa shape index (κ2) is 10.5. The van der Waals surface area contributed by atoms with Gasteiger partial charge in [-0.15, -0.1) is 0 Å². The molecule has 0 unspecified atom stereocenters. The topological polar surface area (TPSA) is 56.5 Å². The summed E-state index contributed by atoms with van der Waals surface area (Å²) in [6.07, 6.45) is 2.56. The van der Waals surface area contributed by atoms with Crippen molar-refractivity contribution in [3.8, 4) is 5.75 Å². The van der Waals surface area contributed by atoms with Gasteiger partial charge in [0.2, 0.25) is 0 Å². The molecule has 1 heterocycles. The van der Waals surface area contributed by atoms with Gasteiger partial charge in [0.15, 0.2) is 0 Å². The van der Waals surface area contributed by atoms with Crippen molar-refractivity contribution in [3.05, 3.63) is 117 Å². The summed E-state index contributed by atoms with van der Waals surface area (Å²) in [5, 5.41) is 7.30. The smallest absolute Gasteiger partial charge is 0.282 e. The van der Waals surface area contributed by atoms with Crippen LogP contribution in [0.2, 0.25) is 0 Å².